The summed E-state index contributed by atoms with van der Waals surface area (Å²) in [5.74, 6) is 1.39. The molecule has 3 rings (SSSR count). The zero-order valence-electron chi connectivity index (χ0n) is 17.3. The van der Waals surface area contributed by atoms with Gasteiger partial charge < -0.3 is 19.8 Å². The first-order valence-corrected chi connectivity index (χ1v) is 10.7. The Morgan fingerprint density at radius 3 is 2.79 bits per heavy atom. The Kier molecular flexibility index (Phi) is 7.46. The molecule has 2 aromatic rings. The summed E-state index contributed by atoms with van der Waals surface area (Å²) < 4.78 is 10.6. The summed E-state index contributed by atoms with van der Waals surface area (Å²) in [6, 6.07) is 3.83. The van der Waals surface area contributed by atoms with E-state index in [2.05, 4.69) is 10.6 Å². The molecule has 0 aromatic carbocycles. The molecule has 2 amide bonds. The predicted molar refractivity (Wildman–Crippen MR) is 114 cm³/mol. The molecule has 0 saturated carbocycles. The smallest absolute Gasteiger partial charge is 0.254 e. The van der Waals surface area contributed by atoms with Gasteiger partial charge in [0.25, 0.3) is 5.91 Å². The van der Waals surface area contributed by atoms with Crippen LogP contribution in [0, 0.1) is 6.92 Å². The second-order valence-electron chi connectivity index (χ2n) is 7.40. The zero-order chi connectivity index (χ0) is 20.8. The van der Waals surface area contributed by atoms with Crippen LogP contribution in [0.25, 0.3) is 0 Å². The quantitative estimate of drug-likeness (QED) is 0.611. The number of hydrogen-bond acceptors (Lipinski definition) is 6. The fourth-order valence-corrected chi connectivity index (χ4v) is 4.86. The first kappa shape index (κ1) is 21.5. The van der Waals surface area contributed by atoms with Gasteiger partial charge in [-0.15, -0.1) is 11.3 Å². The van der Waals surface area contributed by atoms with Gasteiger partial charge in [0.05, 0.1) is 25.3 Å². The molecular formula is C21H29N3O4S. The number of carbonyl (C=O) groups excluding carboxylic acids is 2. The average Bonchev–Trinajstić information content (AvgIpc) is 3.24. The number of nitrogens with one attached hydrogen (secondary N) is 2. The molecule has 0 fully saturated rings. The summed E-state index contributed by atoms with van der Waals surface area (Å²) in [6.45, 7) is 3.56. The maximum absolute atomic E-state index is 12.8. The Morgan fingerprint density at radius 2 is 2.07 bits per heavy atom. The highest BCUT2D eigenvalue weighted by atomic mass is 32.1. The number of ether oxygens (including phenoxy) is 1. The van der Waals surface area contributed by atoms with Crippen molar-refractivity contribution in [2.45, 2.75) is 39.2 Å². The normalized spacial score (nSPS) is 13.4. The number of carbonyl (C=O) groups is 2. The molecule has 2 N–H and O–H groups in total. The first-order chi connectivity index (χ1) is 14.0. The molecule has 0 bridgehead atoms. The molecule has 29 heavy (non-hydrogen) atoms. The Balaban J connectivity index is 1.67. The van der Waals surface area contributed by atoms with E-state index in [0.717, 1.165) is 42.8 Å². The van der Waals surface area contributed by atoms with Gasteiger partial charge in [-0.25, -0.2) is 0 Å². The summed E-state index contributed by atoms with van der Waals surface area (Å²) in [5.41, 5.74) is 1.71. The zero-order valence-corrected chi connectivity index (χ0v) is 18.1. The number of rotatable bonds is 9. The van der Waals surface area contributed by atoms with Gasteiger partial charge in [-0.3, -0.25) is 14.5 Å². The number of hydrogen-bond donors (Lipinski definition) is 2. The van der Waals surface area contributed by atoms with Gasteiger partial charge in [-0.2, -0.15) is 0 Å². The largest absolute Gasteiger partial charge is 0.465 e. The monoisotopic (exact) mass is 419 g/mol. The van der Waals surface area contributed by atoms with Crippen LogP contribution in [0.1, 0.15) is 45.2 Å². The Labute approximate surface area is 175 Å². The number of methoxy groups -OCH3 is 1. The lowest BCUT2D eigenvalue weighted by atomic mass is 9.95. The minimum absolute atomic E-state index is 0.139. The van der Waals surface area contributed by atoms with Gasteiger partial charge in [-0.05, 0) is 57.4 Å². The van der Waals surface area contributed by atoms with Crippen molar-refractivity contribution < 1.29 is 18.7 Å². The van der Waals surface area contributed by atoms with Crippen molar-refractivity contribution in [3.8, 4) is 0 Å². The standard InChI is InChI=1S/C21H29N3O4S/c1-14-8-9-15(28-14)12-24(2)13-18(25)23-21-19(20(26)22-10-11-27-3)16-6-4-5-7-17(16)29-21/h8-9H,4-7,10-13H2,1-3H3,(H,22,26)(H,23,25). The van der Waals surface area contributed by atoms with Crippen LogP contribution in [0.5, 0.6) is 0 Å². The van der Waals surface area contributed by atoms with Crippen LogP contribution in [0.2, 0.25) is 0 Å². The second kappa shape index (κ2) is 10.0. The fraction of sp³-hybridized carbons (Fsp3) is 0.524. The summed E-state index contributed by atoms with van der Waals surface area (Å²) in [6.07, 6.45) is 4.04. The van der Waals surface area contributed by atoms with E-state index in [4.69, 9.17) is 9.15 Å². The molecule has 7 nitrogen and oxygen atoms in total. The van der Waals surface area contributed by atoms with Gasteiger partial charge in [0.2, 0.25) is 5.91 Å². The molecule has 0 saturated heterocycles. The molecule has 1 aliphatic rings. The topological polar surface area (TPSA) is 83.8 Å². The minimum atomic E-state index is -0.142. The molecule has 0 radical (unpaired) electrons. The first-order valence-electron chi connectivity index (χ1n) is 9.93. The molecule has 8 heteroatoms. The van der Waals surface area contributed by atoms with E-state index in [1.165, 1.54) is 16.2 Å². The van der Waals surface area contributed by atoms with Crippen molar-refractivity contribution in [1.29, 1.82) is 0 Å². The van der Waals surface area contributed by atoms with E-state index in [0.29, 0.717) is 30.3 Å². The molecule has 2 heterocycles. The maximum atomic E-state index is 12.8. The van der Waals surface area contributed by atoms with Crippen molar-refractivity contribution in [3.63, 3.8) is 0 Å². The number of anilines is 1. The number of aryl methyl sites for hydroxylation is 2. The minimum Gasteiger partial charge on any atom is -0.465 e. The Bertz CT molecular complexity index is 858. The summed E-state index contributed by atoms with van der Waals surface area (Å²) >= 11 is 1.53. The SMILES string of the molecule is COCCNC(=O)c1c(NC(=O)CN(C)Cc2ccc(C)o2)sc2c1CCCC2. The van der Waals surface area contributed by atoms with Gasteiger partial charge in [0, 0.05) is 18.5 Å². The van der Waals surface area contributed by atoms with Crippen molar-refractivity contribution in [1.82, 2.24) is 10.2 Å². The number of amides is 2. The number of furan rings is 1. The van der Waals surface area contributed by atoms with Gasteiger partial charge in [0.15, 0.2) is 0 Å². The molecule has 0 spiro atoms. The van der Waals surface area contributed by atoms with Crippen LogP contribution in [0.3, 0.4) is 0 Å². The molecule has 2 aromatic heterocycles. The molecule has 1 aliphatic carbocycles. The van der Waals surface area contributed by atoms with E-state index >= 15 is 0 Å². The number of likely N-dealkylation sites (N-methyl/N-ethyl adjacent to an activating group) is 1. The summed E-state index contributed by atoms with van der Waals surface area (Å²) in [7, 11) is 3.47. The van der Waals surface area contributed by atoms with E-state index < -0.39 is 0 Å². The lowest BCUT2D eigenvalue weighted by Gasteiger charge is -2.15. The van der Waals surface area contributed by atoms with Crippen molar-refractivity contribution in [2.24, 2.45) is 0 Å². The van der Waals surface area contributed by atoms with Crippen LogP contribution in [-0.2, 0) is 28.9 Å². The van der Waals surface area contributed by atoms with Crippen molar-refractivity contribution >= 4 is 28.2 Å². The van der Waals surface area contributed by atoms with E-state index in [1.807, 2.05) is 31.0 Å². The highest BCUT2D eigenvalue weighted by molar-refractivity contribution is 7.17. The molecular weight excluding hydrogens is 390 g/mol. The lowest BCUT2D eigenvalue weighted by Crippen LogP contribution is -2.31. The van der Waals surface area contributed by atoms with Crippen LogP contribution in [0.4, 0.5) is 5.00 Å². The number of fused-ring (bicyclic) bond motifs is 1. The highest BCUT2D eigenvalue weighted by Gasteiger charge is 2.26. The Morgan fingerprint density at radius 1 is 1.28 bits per heavy atom. The lowest BCUT2D eigenvalue weighted by molar-refractivity contribution is -0.117. The predicted octanol–water partition coefficient (Wildman–Crippen LogP) is 2.98. The maximum Gasteiger partial charge on any atom is 0.254 e. The van der Waals surface area contributed by atoms with E-state index in [9.17, 15) is 9.59 Å². The third-order valence-corrected chi connectivity index (χ3v) is 6.09. The van der Waals surface area contributed by atoms with Crippen molar-refractivity contribution in [2.75, 3.05) is 39.2 Å². The van der Waals surface area contributed by atoms with Crippen LogP contribution < -0.4 is 10.6 Å². The number of thiophene rings is 1. The van der Waals surface area contributed by atoms with Gasteiger partial charge in [0.1, 0.15) is 16.5 Å². The van der Waals surface area contributed by atoms with Crippen LogP contribution >= 0.6 is 11.3 Å². The summed E-state index contributed by atoms with van der Waals surface area (Å²) in [5, 5.41) is 6.52. The molecule has 158 valence electrons. The van der Waals surface area contributed by atoms with Gasteiger partial charge >= 0.3 is 0 Å². The molecule has 0 unspecified atom stereocenters. The third-order valence-electron chi connectivity index (χ3n) is 4.88. The fourth-order valence-electron chi connectivity index (χ4n) is 3.55. The van der Waals surface area contributed by atoms with Gasteiger partial charge in [-0.1, -0.05) is 0 Å². The Hall–Kier alpha value is -2.16. The number of nitrogens with zero attached hydrogens (tertiary/aromatic N) is 1. The molecule has 0 atom stereocenters. The third kappa shape index (κ3) is 5.68. The highest BCUT2D eigenvalue weighted by Crippen LogP contribution is 2.38. The summed E-state index contributed by atoms with van der Waals surface area (Å²) in [4.78, 5) is 28.5. The average molecular weight is 420 g/mol. The van der Waals surface area contributed by atoms with Crippen molar-refractivity contribution in [3.05, 3.63) is 39.7 Å². The van der Waals surface area contributed by atoms with Crippen LogP contribution in [0.15, 0.2) is 16.5 Å². The second-order valence-corrected chi connectivity index (χ2v) is 8.50. The van der Waals surface area contributed by atoms with E-state index in [-0.39, 0.29) is 18.4 Å². The van der Waals surface area contributed by atoms with E-state index in [1.54, 1.807) is 7.11 Å². The van der Waals surface area contributed by atoms with Crippen LogP contribution in [-0.4, -0.2) is 50.6 Å². The molecule has 0 aliphatic heterocycles.